The zero-order valence-corrected chi connectivity index (χ0v) is 11.5. The summed E-state index contributed by atoms with van der Waals surface area (Å²) < 4.78 is 36.3. The number of sulfone groups is 1. The minimum absolute atomic E-state index is 0.0817. The second kappa shape index (κ2) is 4.66. The Labute approximate surface area is 108 Å². The Kier molecular flexibility index (Phi) is 3.56. The van der Waals surface area contributed by atoms with Gasteiger partial charge < -0.3 is 5.73 Å². The first kappa shape index (κ1) is 13.0. The second-order valence-corrected chi connectivity index (χ2v) is 7.44. The highest BCUT2D eigenvalue weighted by Gasteiger charge is 2.33. The zero-order valence-electron chi connectivity index (χ0n) is 9.07. The Balaban J connectivity index is 2.23. The standard InChI is InChI=1S/C11H13BrFNO2S/c12-10-5-8(13)1-2-9(10)11(14)7-3-4-17(15,16)6-7/h1-2,5,7,11H,3-4,6,14H2. The summed E-state index contributed by atoms with van der Waals surface area (Å²) in [5, 5.41) is 0. The number of hydrogen-bond donors (Lipinski definition) is 1. The molecular formula is C11H13BrFNO2S. The Morgan fingerprint density at radius 3 is 2.71 bits per heavy atom. The Bertz CT molecular complexity index is 532. The van der Waals surface area contributed by atoms with Crippen LogP contribution in [0.15, 0.2) is 22.7 Å². The molecule has 0 spiro atoms. The second-order valence-electron chi connectivity index (χ2n) is 4.35. The first-order valence-corrected chi connectivity index (χ1v) is 7.91. The van der Waals surface area contributed by atoms with Gasteiger partial charge in [-0.2, -0.15) is 0 Å². The van der Waals surface area contributed by atoms with Gasteiger partial charge in [-0.05, 0) is 30.0 Å². The van der Waals surface area contributed by atoms with Crippen molar-refractivity contribution in [3.63, 3.8) is 0 Å². The van der Waals surface area contributed by atoms with E-state index in [4.69, 9.17) is 5.73 Å². The van der Waals surface area contributed by atoms with Crippen LogP contribution in [0.3, 0.4) is 0 Å². The van der Waals surface area contributed by atoms with Crippen molar-refractivity contribution in [2.45, 2.75) is 12.5 Å². The predicted molar refractivity (Wildman–Crippen MR) is 67.8 cm³/mol. The van der Waals surface area contributed by atoms with Crippen LogP contribution in [0, 0.1) is 11.7 Å². The predicted octanol–water partition coefficient (Wildman–Crippen LogP) is 2.02. The summed E-state index contributed by atoms with van der Waals surface area (Å²) in [4.78, 5) is 0. The fraction of sp³-hybridized carbons (Fsp3) is 0.455. The highest BCUT2D eigenvalue weighted by Crippen LogP contribution is 2.33. The van der Waals surface area contributed by atoms with E-state index in [1.807, 2.05) is 0 Å². The van der Waals surface area contributed by atoms with Gasteiger partial charge in [0.15, 0.2) is 9.84 Å². The van der Waals surface area contributed by atoms with E-state index in [1.54, 1.807) is 6.07 Å². The lowest BCUT2D eigenvalue weighted by atomic mass is 9.93. The van der Waals surface area contributed by atoms with Crippen LogP contribution in [0.4, 0.5) is 4.39 Å². The van der Waals surface area contributed by atoms with Crippen LogP contribution in [0.5, 0.6) is 0 Å². The topological polar surface area (TPSA) is 60.2 Å². The van der Waals surface area contributed by atoms with Crippen LogP contribution in [0.1, 0.15) is 18.0 Å². The van der Waals surface area contributed by atoms with Crippen molar-refractivity contribution >= 4 is 25.8 Å². The van der Waals surface area contributed by atoms with Crippen LogP contribution in [-0.4, -0.2) is 19.9 Å². The van der Waals surface area contributed by atoms with E-state index < -0.39 is 9.84 Å². The fourth-order valence-corrected chi connectivity index (χ4v) is 4.60. The lowest BCUT2D eigenvalue weighted by Gasteiger charge is -2.19. The molecule has 0 aromatic heterocycles. The Morgan fingerprint density at radius 2 is 2.18 bits per heavy atom. The van der Waals surface area contributed by atoms with Crippen molar-refractivity contribution in [1.82, 2.24) is 0 Å². The maximum Gasteiger partial charge on any atom is 0.150 e. The number of nitrogens with two attached hydrogens (primary N) is 1. The molecule has 1 aromatic carbocycles. The molecule has 1 aliphatic rings. The van der Waals surface area contributed by atoms with E-state index in [0.29, 0.717) is 10.9 Å². The summed E-state index contributed by atoms with van der Waals surface area (Å²) in [6.45, 7) is 0. The summed E-state index contributed by atoms with van der Waals surface area (Å²) in [6.07, 6.45) is 0.577. The fourth-order valence-electron chi connectivity index (χ4n) is 2.13. The quantitative estimate of drug-likeness (QED) is 0.906. The highest BCUT2D eigenvalue weighted by atomic mass is 79.9. The van der Waals surface area contributed by atoms with Gasteiger partial charge in [0.2, 0.25) is 0 Å². The summed E-state index contributed by atoms with van der Waals surface area (Å²) in [5.41, 5.74) is 6.81. The van der Waals surface area contributed by atoms with Crippen LogP contribution in [-0.2, 0) is 9.84 Å². The molecule has 1 fully saturated rings. The molecule has 2 unspecified atom stereocenters. The molecule has 0 aliphatic carbocycles. The molecule has 3 nitrogen and oxygen atoms in total. The van der Waals surface area contributed by atoms with E-state index in [-0.39, 0.29) is 29.3 Å². The van der Waals surface area contributed by atoms with Gasteiger partial charge in [0.1, 0.15) is 5.82 Å². The van der Waals surface area contributed by atoms with Gasteiger partial charge in [0.05, 0.1) is 11.5 Å². The van der Waals surface area contributed by atoms with Crippen molar-refractivity contribution in [1.29, 1.82) is 0 Å². The minimum atomic E-state index is -2.94. The average Bonchev–Trinajstić information content (AvgIpc) is 2.58. The minimum Gasteiger partial charge on any atom is -0.324 e. The van der Waals surface area contributed by atoms with Gasteiger partial charge in [-0.15, -0.1) is 0 Å². The molecule has 1 aliphatic heterocycles. The molecule has 2 N–H and O–H groups in total. The molecule has 1 saturated heterocycles. The van der Waals surface area contributed by atoms with E-state index in [1.165, 1.54) is 12.1 Å². The summed E-state index contributed by atoms with van der Waals surface area (Å²) >= 11 is 3.25. The number of benzene rings is 1. The van der Waals surface area contributed by atoms with E-state index in [2.05, 4.69) is 15.9 Å². The first-order chi connectivity index (χ1) is 7.89. The summed E-state index contributed by atoms with van der Waals surface area (Å²) in [7, 11) is -2.94. The number of hydrogen-bond acceptors (Lipinski definition) is 3. The Hall–Kier alpha value is -0.460. The Morgan fingerprint density at radius 1 is 1.47 bits per heavy atom. The van der Waals surface area contributed by atoms with Gasteiger partial charge in [0.25, 0.3) is 0 Å². The normalized spacial score (nSPS) is 24.8. The summed E-state index contributed by atoms with van der Waals surface area (Å²) in [5.74, 6) is -0.101. The highest BCUT2D eigenvalue weighted by molar-refractivity contribution is 9.10. The van der Waals surface area contributed by atoms with E-state index in [9.17, 15) is 12.8 Å². The molecule has 6 heteroatoms. The van der Waals surface area contributed by atoms with Crippen LogP contribution in [0.25, 0.3) is 0 Å². The molecule has 0 bridgehead atoms. The summed E-state index contributed by atoms with van der Waals surface area (Å²) in [6, 6.07) is 3.92. The smallest absolute Gasteiger partial charge is 0.150 e. The van der Waals surface area contributed by atoms with Gasteiger partial charge in [0, 0.05) is 10.5 Å². The van der Waals surface area contributed by atoms with Crippen LogP contribution < -0.4 is 5.73 Å². The van der Waals surface area contributed by atoms with Crippen molar-refractivity contribution in [2.75, 3.05) is 11.5 Å². The molecule has 1 aromatic rings. The van der Waals surface area contributed by atoms with Crippen molar-refractivity contribution in [3.8, 4) is 0 Å². The lowest BCUT2D eigenvalue weighted by Crippen LogP contribution is -2.22. The first-order valence-electron chi connectivity index (χ1n) is 5.30. The third kappa shape index (κ3) is 2.86. The van der Waals surface area contributed by atoms with Crippen LogP contribution in [0.2, 0.25) is 0 Å². The van der Waals surface area contributed by atoms with Crippen LogP contribution >= 0.6 is 15.9 Å². The maximum absolute atomic E-state index is 12.9. The largest absolute Gasteiger partial charge is 0.324 e. The average molecular weight is 322 g/mol. The maximum atomic E-state index is 12.9. The molecule has 94 valence electrons. The van der Waals surface area contributed by atoms with Gasteiger partial charge in [-0.25, -0.2) is 12.8 Å². The molecule has 0 amide bonds. The zero-order chi connectivity index (χ0) is 12.6. The van der Waals surface area contributed by atoms with Gasteiger partial charge in [-0.3, -0.25) is 0 Å². The van der Waals surface area contributed by atoms with Gasteiger partial charge >= 0.3 is 0 Å². The van der Waals surface area contributed by atoms with E-state index in [0.717, 1.165) is 5.56 Å². The van der Waals surface area contributed by atoms with Crippen molar-refractivity contribution in [2.24, 2.45) is 11.7 Å². The lowest BCUT2D eigenvalue weighted by molar-refractivity contribution is 0.477. The molecule has 17 heavy (non-hydrogen) atoms. The SMILES string of the molecule is NC(c1ccc(F)cc1Br)C1CCS(=O)(=O)C1. The molecule has 0 radical (unpaired) electrons. The van der Waals surface area contributed by atoms with Crippen molar-refractivity contribution < 1.29 is 12.8 Å². The molecule has 1 heterocycles. The molecule has 2 rings (SSSR count). The monoisotopic (exact) mass is 321 g/mol. The molecule has 0 saturated carbocycles. The van der Waals surface area contributed by atoms with Gasteiger partial charge in [-0.1, -0.05) is 22.0 Å². The number of rotatable bonds is 2. The third-order valence-corrected chi connectivity index (χ3v) is 5.58. The molecule has 2 atom stereocenters. The third-order valence-electron chi connectivity index (χ3n) is 3.10. The van der Waals surface area contributed by atoms with Crippen molar-refractivity contribution in [3.05, 3.63) is 34.1 Å². The number of halogens is 2. The molecular weight excluding hydrogens is 309 g/mol. The van der Waals surface area contributed by atoms with E-state index >= 15 is 0 Å².